The van der Waals surface area contributed by atoms with Crippen molar-refractivity contribution in [2.24, 2.45) is 11.8 Å². The number of pyridine rings is 1. The molecule has 1 unspecified atom stereocenters. The number of hydrogen-bond acceptors (Lipinski definition) is 4. The number of piperidine rings is 2. The Morgan fingerprint density at radius 2 is 1.89 bits per heavy atom. The SMILES string of the molecule is CC(C)CN(C)C(=O)C1CCCN(C2CCN(Cc3ccncc3)CC2)C1. The minimum atomic E-state index is 0.192. The van der Waals surface area contributed by atoms with Gasteiger partial charge in [0.1, 0.15) is 0 Å². The Kier molecular flexibility index (Phi) is 7.25. The van der Waals surface area contributed by atoms with Gasteiger partial charge in [-0.1, -0.05) is 13.8 Å². The van der Waals surface area contributed by atoms with Crippen LogP contribution in [0.5, 0.6) is 0 Å². The van der Waals surface area contributed by atoms with Gasteiger partial charge in [0.05, 0.1) is 5.92 Å². The quantitative estimate of drug-likeness (QED) is 0.770. The van der Waals surface area contributed by atoms with Crippen LogP contribution in [0, 0.1) is 11.8 Å². The molecule has 150 valence electrons. The molecule has 1 atom stereocenters. The van der Waals surface area contributed by atoms with Crippen molar-refractivity contribution in [2.45, 2.75) is 52.1 Å². The van der Waals surface area contributed by atoms with E-state index in [4.69, 9.17) is 0 Å². The highest BCUT2D eigenvalue weighted by Gasteiger charge is 2.32. The molecule has 2 aliphatic heterocycles. The third-order valence-electron chi connectivity index (χ3n) is 6.05. The van der Waals surface area contributed by atoms with Gasteiger partial charge >= 0.3 is 0 Å². The molecule has 2 saturated heterocycles. The predicted octanol–water partition coefficient (Wildman–Crippen LogP) is 2.87. The standard InChI is InChI=1S/C22H36N4O/c1-18(2)15-24(3)22(27)20-5-4-12-26(17-20)21-8-13-25(14-9-21)16-19-6-10-23-11-7-19/h6-7,10-11,18,20-21H,4-5,8-9,12-17H2,1-3H3. The highest BCUT2D eigenvalue weighted by Crippen LogP contribution is 2.25. The van der Waals surface area contributed by atoms with Gasteiger partial charge in [0, 0.05) is 45.1 Å². The van der Waals surface area contributed by atoms with Gasteiger partial charge in [-0.05, 0) is 68.9 Å². The van der Waals surface area contributed by atoms with Crippen LogP contribution in [-0.2, 0) is 11.3 Å². The Morgan fingerprint density at radius 3 is 2.56 bits per heavy atom. The Morgan fingerprint density at radius 1 is 1.19 bits per heavy atom. The van der Waals surface area contributed by atoms with Crippen LogP contribution in [0.1, 0.15) is 45.1 Å². The maximum Gasteiger partial charge on any atom is 0.226 e. The lowest BCUT2D eigenvalue weighted by Gasteiger charge is -2.42. The van der Waals surface area contributed by atoms with Crippen LogP contribution in [0.15, 0.2) is 24.5 Å². The van der Waals surface area contributed by atoms with Gasteiger partial charge in [0.2, 0.25) is 5.91 Å². The van der Waals surface area contributed by atoms with Crippen molar-refractivity contribution in [3.8, 4) is 0 Å². The smallest absolute Gasteiger partial charge is 0.226 e. The zero-order chi connectivity index (χ0) is 19.2. The molecule has 0 aliphatic carbocycles. The van der Waals surface area contributed by atoms with Crippen molar-refractivity contribution < 1.29 is 4.79 Å². The van der Waals surface area contributed by atoms with Crippen LogP contribution in [0.3, 0.4) is 0 Å². The van der Waals surface area contributed by atoms with E-state index in [2.05, 4.69) is 40.8 Å². The van der Waals surface area contributed by atoms with E-state index in [0.29, 0.717) is 17.9 Å². The number of amides is 1. The first-order valence-electron chi connectivity index (χ1n) is 10.6. The van der Waals surface area contributed by atoms with Gasteiger partial charge < -0.3 is 4.90 Å². The van der Waals surface area contributed by atoms with Crippen molar-refractivity contribution in [1.82, 2.24) is 19.7 Å². The van der Waals surface area contributed by atoms with Crippen molar-refractivity contribution in [2.75, 3.05) is 39.8 Å². The van der Waals surface area contributed by atoms with Gasteiger partial charge in [0.15, 0.2) is 0 Å². The molecule has 1 aromatic heterocycles. The number of likely N-dealkylation sites (tertiary alicyclic amines) is 2. The summed E-state index contributed by atoms with van der Waals surface area (Å²) in [5.41, 5.74) is 1.35. The second-order valence-corrected chi connectivity index (χ2v) is 8.81. The van der Waals surface area contributed by atoms with E-state index < -0.39 is 0 Å². The summed E-state index contributed by atoms with van der Waals surface area (Å²) in [4.78, 5) is 24.0. The van der Waals surface area contributed by atoms with E-state index in [1.807, 2.05) is 24.3 Å². The van der Waals surface area contributed by atoms with Gasteiger partial charge in [-0.3, -0.25) is 19.6 Å². The van der Waals surface area contributed by atoms with E-state index in [1.165, 1.54) is 18.4 Å². The third-order valence-corrected chi connectivity index (χ3v) is 6.05. The molecule has 0 saturated carbocycles. The summed E-state index contributed by atoms with van der Waals surface area (Å²) in [6.45, 7) is 10.7. The molecular formula is C22H36N4O. The molecule has 0 N–H and O–H groups in total. The summed E-state index contributed by atoms with van der Waals surface area (Å²) in [7, 11) is 1.97. The highest BCUT2D eigenvalue weighted by atomic mass is 16.2. The largest absolute Gasteiger partial charge is 0.345 e. The molecule has 0 radical (unpaired) electrons. The fourth-order valence-corrected chi connectivity index (χ4v) is 4.68. The molecule has 0 aromatic carbocycles. The van der Waals surface area contributed by atoms with E-state index in [9.17, 15) is 4.79 Å². The summed E-state index contributed by atoms with van der Waals surface area (Å²) in [6, 6.07) is 4.87. The molecule has 27 heavy (non-hydrogen) atoms. The Balaban J connectivity index is 1.47. The first-order valence-corrected chi connectivity index (χ1v) is 10.6. The maximum atomic E-state index is 12.8. The minimum absolute atomic E-state index is 0.192. The van der Waals surface area contributed by atoms with Gasteiger partial charge in [-0.25, -0.2) is 0 Å². The fourth-order valence-electron chi connectivity index (χ4n) is 4.68. The first kappa shape index (κ1) is 20.3. The predicted molar refractivity (Wildman–Crippen MR) is 109 cm³/mol. The first-order chi connectivity index (χ1) is 13.0. The van der Waals surface area contributed by atoms with Crippen molar-refractivity contribution >= 4 is 5.91 Å². The summed E-state index contributed by atoms with van der Waals surface area (Å²) in [5.74, 6) is 1.07. The Bertz CT molecular complexity index is 583. The van der Waals surface area contributed by atoms with Gasteiger partial charge in [-0.15, -0.1) is 0 Å². The molecule has 1 amide bonds. The second kappa shape index (κ2) is 9.65. The van der Waals surface area contributed by atoms with E-state index in [0.717, 1.165) is 52.1 Å². The number of rotatable bonds is 6. The highest BCUT2D eigenvalue weighted by molar-refractivity contribution is 5.78. The number of nitrogens with zero attached hydrogens (tertiary/aromatic N) is 4. The van der Waals surface area contributed by atoms with Crippen molar-refractivity contribution in [3.05, 3.63) is 30.1 Å². The molecule has 3 rings (SSSR count). The molecule has 5 nitrogen and oxygen atoms in total. The molecular weight excluding hydrogens is 336 g/mol. The summed E-state index contributed by atoms with van der Waals surface area (Å²) in [5, 5.41) is 0. The van der Waals surface area contributed by atoms with Gasteiger partial charge in [-0.2, -0.15) is 0 Å². The van der Waals surface area contributed by atoms with Gasteiger partial charge in [0.25, 0.3) is 0 Å². The Labute approximate surface area is 164 Å². The number of carbonyl (C=O) groups is 1. The summed E-state index contributed by atoms with van der Waals surface area (Å²) >= 11 is 0. The topological polar surface area (TPSA) is 39.7 Å². The lowest BCUT2D eigenvalue weighted by molar-refractivity contribution is -0.137. The van der Waals surface area contributed by atoms with Crippen molar-refractivity contribution in [3.63, 3.8) is 0 Å². The zero-order valence-electron chi connectivity index (χ0n) is 17.3. The third kappa shape index (κ3) is 5.76. The molecule has 0 bridgehead atoms. The second-order valence-electron chi connectivity index (χ2n) is 8.81. The van der Waals surface area contributed by atoms with E-state index >= 15 is 0 Å². The average Bonchev–Trinajstić information content (AvgIpc) is 2.68. The van der Waals surface area contributed by atoms with E-state index in [-0.39, 0.29) is 5.92 Å². The van der Waals surface area contributed by atoms with Crippen LogP contribution in [0.2, 0.25) is 0 Å². The number of hydrogen-bond donors (Lipinski definition) is 0. The minimum Gasteiger partial charge on any atom is -0.345 e. The summed E-state index contributed by atoms with van der Waals surface area (Å²) < 4.78 is 0. The molecule has 3 heterocycles. The normalized spacial score (nSPS) is 22.9. The fraction of sp³-hybridized carbons (Fsp3) is 0.727. The van der Waals surface area contributed by atoms with Crippen LogP contribution >= 0.6 is 0 Å². The number of carbonyl (C=O) groups excluding carboxylic acids is 1. The average molecular weight is 373 g/mol. The van der Waals surface area contributed by atoms with Crippen LogP contribution in [0.25, 0.3) is 0 Å². The van der Waals surface area contributed by atoms with Crippen LogP contribution < -0.4 is 0 Å². The summed E-state index contributed by atoms with van der Waals surface area (Å²) in [6.07, 6.45) is 8.40. The molecule has 0 spiro atoms. The lowest BCUT2D eigenvalue weighted by Crippen LogP contribution is -2.51. The monoisotopic (exact) mass is 372 g/mol. The lowest BCUT2D eigenvalue weighted by atomic mass is 9.92. The molecule has 1 aromatic rings. The molecule has 5 heteroatoms. The van der Waals surface area contributed by atoms with Crippen LogP contribution in [0.4, 0.5) is 0 Å². The molecule has 2 fully saturated rings. The van der Waals surface area contributed by atoms with Crippen molar-refractivity contribution in [1.29, 1.82) is 0 Å². The maximum absolute atomic E-state index is 12.8. The Hall–Kier alpha value is -1.46. The number of aromatic nitrogens is 1. The van der Waals surface area contributed by atoms with E-state index in [1.54, 1.807) is 0 Å². The zero-order valence-corrected chi connectivity index (χ0v) is 17.3. The molecule has 2 aliphatic rings. The van der Waals surface area contributed by atoms with Crippen LogP contribution in [-0.4, -0.2) is 71.4 Å².